The summed E-state index contributed by atoms with van der Waals surface area (Å²) in [5.74, 6) is -17.6. The van der Waals surface area contributed by atoms with Crippen LogP contribution in [0.1, 0.15) is 83.1 Å². The molecule has 0 saturated heterocycles. The molecule has 0 spiro atoms. The van der Waals surface area contributed by atoms with E-state index < -0.39 is 42.8 Å². The highest BCUT2D eigenvalue weighted by molar-refractivity contribution is 5.75. The van der Waals surface area contributed by atoms with Crippen molar-refractivity contribution in [2.45, 2.75) is 108 Å². The number of halogens is 9. The van der Waals surface area contributed by atoms with E-state index in [4.69, 9.17) is 4.74 Å². The monoisotopic (exact) mass is 574 g/mol. The van der Waals surface area contributed by atoms with Crippen LogP contribution in [0.4, 0.5) is 39.5 Å². The molecule has 222 valence electrons. The van der Waals surface area contributed by atoms with Gasteiger partial charge in [0.1, 0.15) is 5.75 Å². The van der Waals surface area contributed by atoms with Crippen LogP contribution in [0.25, 0.3) is 0 Å². The van der Waals surface area contributed by atoms with Gasteiger partial charge in [0.05, 0.1) is 5.92 Å². The maximum atomic E-state index is 13.8. The van der Waals surface area contributed by atoms with Gasteiger partial charge in [-0.05, 0) is 80.4 Å². The molecule has 0 amide bonds. The zero-order valence-electron chi connectivity index (χ0n) is 21.8. The molecule has 3 rings (SSSR count). The third-order valence-corrected chi connectivity index (χ3v) is 8.44. The summed E-state index contributed by atoms with van der Waals surface area (Å²) in [5, 5.41) is 0. The van der Waals surface area contributed by atoms with Crippen molar-refractivity contribution in [2.75, 3.05) is 0 Å². The second-order valence-corrected chi connectivity index (χ2v) is 11.1. The first-order chi connectivity index (χ1) is 18.1. The number of esters is 1. The zero-order chi connectivity index (χ0) is 29.1. The highest BCUT2D eigenvalue weighted by Crippen LogP contribution is 2.54. The highest BCUT2D eigenvalue weighted by Gasteiger charge is 2.81. The Bertz CT molecular complexity index is 927. The van der Waals surface area contributed by atoms with Crippen LogP contribution in [-0.4, -0.2) is 29.9 Å². The standard InChI is InChI=1S/C28H35F9O2/c1-2-3-18-4-8-20(9-5-18)21-10-12-22(13-11-21)24(38)39-23-14-6-19(7-15-23)16-17-25(29,30)26(31,32)27(33,34)28(35,36)37/h6-7,14-15,18,20-22H,2-5,8-13,16-17H2,1H3/t18-,20-,21-,22-. The van der Waals surface area contributed by atoms with E-state index in [1.165, 1.54) is 62.8 Å². The number of benzene rings is 1. The van der Waals surface area contributed by atoms with Crippen molar-refractivity contribution in [3.05, 3.63) is 29.8 Å². The van der Waals surface area contributed by atoms with Gasteiger partial charge in [0.2, 0.25) is 0 Å². The maximum absolute atomic E-state index is 13.8. The Balaban J connectivity index is 1.47. The first kappa shape index (κ1) is 31.6. The van der Waals surface area contributed by atoms with Crippen molar-refractivity contribution in [1.29, 1.82) is 0 Å². The topological polar surface area (TPSA) is 26.3 Å². The molecule has 0 aromatic heterocycles. The fourth-order valence-corrected chi connectivity index (χ4v) is 5.97. The van der Waals surface area contributed by atoms with Crippen LogP contribution in [0.15, 0.2) is 24.3 Å². The molecule has 0 heterocycles. The Morgan fingerprint density at radius 3 is 1.77 bits per heavy atom. The average Bonchev–Trinajstić information content (AvgIpc) is 2.88. The summed E-state index contributed by atoms with van der Waals surface area (Å²) in [4.78, 5) is 12.6. The Hall–Kier alpha value is -1.94. The van der Waals surface area contributed by atoms with Gasteiger partial charge in [-0.1, -0.05) is 44.7 Å². The van der Waals surface area contributed by atoms with Crippen LogP contribution in [0.2, 0.25) is 0 Å². The summed E-state index contributed by atoms with van der Waals surface area (Å²) < 4.78 is 123. The van der Waals surface area contributed by atoms with Crippen molar-refractivity contribution in [1.82, 2.24) is 0 Å². The number of carbonyl (C=O) groups excluding carboxylic acids is 1. The molecule has 39 heavy (non-hydrogen) atoms. The molecule has 2 fully saturated rings. The molecular formula is C28H35F9O2. The summed E-state index contributed by atoms with van der Waals surface area (Å²) in [6.45, 7) is 2.21. The van der Waals surface area contributed by atoms with E-state index in [2.05, 4.69) is 6.92 Å². The van der Waals surface area contributed by atoms with Crippen molar-refractivity contribution in [2.24, 2.45) is 23.7 Å². The van der Waals surface area contributed by atoms with Gasteiger partial charge in [0.25, 0.3) is 0 Å². The number of ether oxygens (including phenoxy) is 1. The largest absolute Gasteiger partial charge is 0.460 e. The van der Waals surface area contributed by atoms with Gasteiger partial charge in [0, 0.05) is 6.42 Å². The highest BCUT2D eigenvalue weighted by atomic mass is 19.4. The minimum absolute atomic E-state index is 0.0187. The summed E-state index contributed by atoms with van der Waals surface area (Å²) in [7, 11) is 0. The summed E-state index contributed by atoms with van der Waals surface area (Å²) in [5.41, 5.74) is -0.0187. The fourth-order valence-electron chi connectivity index (χ4n) is 5.97. The quantitative estimate of drug-likeness (QED) is 0.158. The van der Waals surface area contributed by atoms with E-state index in [0.29, 0.717) is 24.7 Å². The van der Waals surface area contributed by atoms with Crippen LogP contribution in [0, 0.1) is 23.7 Å². The van der Waals surface area contributed by atoms with E-state index in [0.717, 1.165) is 18.8 Å². The smallest absolute Gasteiger partial charge is 0.426 e. The molecule has 0 bridgehead atoms. The summed E-state index contributed by atoms with van der Waals surface area (Å²) >= 11 is 0. The summed E-state index contributed by atoms with van der Waals surface area (Å²) in [6, 6.07) is 4.83. The van der Waals surface area contributed by atoms with E-state index in [-0.39, 0.29) is 17.2 Å². The molecule has 2 nitrogen and oxygen atoms in total. The molecule has 1 aromatic rings. The van der Waals surface area contributed by atoms with Gasteiger partial charge < -0.3 is 4.74 Å². The fraction of sp³-hybridized carbons (Fsp3) is 0.750. The number of carbonyl (C=O) groups is 1. The van der Waals surface area contributed by atoms with E-state index >= 15 is 0 Å². The number of rotatable bonds is 10. The predicted octanol–water partition coefficient (Wildman–Crippen LogP) is 9.41. The number of hydrogen-bond donors (Lipinski definition) is 0. The van der Waals surface area contributed by atoms with Gasteiger partial charge >= 0.3 is 29.9 Å². The SMILES string of the molecule is CCC[C@H]1CC[C@H]([C@H]2CC[C@H](C(=O)Oc3ccc(CCC(F)(F)C(F)(F)C(F)(F)C(F)(F)F)cc3)CC2)CC1. The molecule has 1 aromatic carbocycles. The van der Waals surface area contributed by atoms with Crippen molar-refractivity contribution >= 4 is 5.97 Å². The van der Waals surface area contributed by atoms with Gasteiger partial charge in [0.15, 0.2) is 0 Å². The van der Waals surface area contributed by atoms with Crippen LogP contribution in [0.5, 0.6) is 5.75 Å². The molecule has 2 aliphatic rings. The normalized spacial score (nSPS) is 25.4. The molecule has 0 unspecified atom stereocenters. The van der Waals surface area contributed by atoms with E-state index in [1.54, 1.807) is 0 Å². The molecular weight excluding hydrogens is 539 g/mol. The van der Waals surface area contributed by atoms with Gasteiger partial charge in [-0.3, -0.25) is 4.79 Å². The molecule has 0 aliphatic heterocycles. The lowest BCUT2D eigenvalue weighted by Gasteiger charge is -2.37. The zero-order valence-corrected chi connectivity index (χ0v) is 21.8. The lowest BCUT2D eigenvalue weighted by atomic mass is 9.69. The Labute approximate surface area is 222 Å². The maximum Gasteiger partial charge on any atom is 0.460 e. The molecule has 0 radical (unpaired) electrons. The average molecular weight is 575 g/mol. The number of hydrogen-bond acceptors (Lipinski definition) is 2. The molecule has 2 aliphatic carbocycles. The molecule has 0 atom stereocenters. The second kappa shape index (κ2) is 12.3. The number of aryl methyl sites for hydroxylation is 1. The lowest BCUT2D eigenvalue weighted by molar-refractivity contribution is -0.396. The molecule has 2 saturated carbocycles. The van der Waals surface area contributed by atoms with E-state index in [9.17, 15) is 44.3 Å². The third kappa shape index (κ3) is 7.23. The van der Waals surface area contributed by atoms with Crippen LogP contribution in [0.3, 0.4) is 0 Å². The van der Waals surface area contributed by atoms with Crippen molar-refractivity contribution < 1.29 is 49.0 Å². The summed E-state index contributed by atoms with van der Waals surface area (Å²) in [6.07, 6.45) is 1.20. The minimum atomic E-state index is -6.89. The van der Waals surface area contributed by atoms with E-state index in [1.807, 2.05) is 0 Å². The van der Waals surface area contributed by atoms with Gasteiger partial charge in [-0.25, -0.2) is 0 Å². The van der Waals surface area contributed by atoms with Crippen LogP contribution in [-0.2, 0) is 11.2 Å². The van der Waals surface area contributed by atoms with Crippen molar-refractivity contribution in [3.63, 3.8) is 0 Å². The minimum Gasteiger partial charge on any atom is -0.426 e. The first-order valence-electron chi connectivity index (χ1n) is 13.6. The first-order valence-corrected chi connectivity index (χ1v) is 13.6. The van der Waals surface area contributed by atoms with Crippen LogP contribution >= 0.6 is 0 Å². The van der Waals surface area contributed by atoms with Gasteiger partial charge in [-0.2, -0.15) is 39.5 Å². The van der Waals surface area contributed by atoms with Crippen LogP contribution < -0.4 is 4.74 Å². The molecule has 0 N–H and O–H groups in total. The number of alkyl halides is 9. The Kier molecular flexibility index (Phi) is 9.95. The second-order valence-electron chi connectivity index (χ2n) is 11.1. The van der Waals surface area contributed by atoms with Crippen molar-refractivity contribution in [3.8, 4) is 5.75 Å². The lowest BCUT2D eigenvalue weighted by Crippen LogP contribution is -2.60. The van der Waals surface area contributed by atoms with Gasteiger partial charge in [-0.15, -0.1) is 0 Å². The predicted molar refractivity (Wildman–Crippen MR) is 127 cm³/mol. The Morgan fingerprint density at radius 2 is 1.28 bits per heavy atom. The molecule has 11 heteroatoms. The Morgan fingerprint density at radius 1 is 0.769 bits per heavy atom. The third-order valence-electron chi connectivity index (χ3n) is 8.44.